The molecule has 0 spiro atoms. The van der Waals surface area contributed by atoms with Gasteiger partial charge in [-0.15, -0.1) is 0 Å². The molecule has 1 saturated carbocycles. The number of aliphatic hydroxyl groups excluding tert-OH is 1. The van der Waals surface area contributed by atoms with Crippen LogP contribution in [-0.2, 0) is 19.1 Å². The van der Waals surface area contributed by atoms with Crippen LogP contribution in [0.2, 0.25) is 0 Å². The molecule has 0 unspecified atom stereocenters. The zero-order valence-electron chi connectivity index (χ0n) is 32.2. The lowest BCUT2D eigenvalue weighted by Crippen LogP contribution is -2.42. The van der Waals surface area contributed by atoms with Crippen LogP contribution >= 0.6 is 0 Å². The molecule has 1 N–H and O–H groups in total. The van der Waals surface area contributed by atoms with Crippen molar-refractivity contribution >= 4 is 11.9 Å². The molecule has 4 atom stereocenters. The highest BCUT2D eigenvalue weighted by Gasteiger charge is 2.55. The van der Waals surface area contributed by atoms with Gasteiger partial charge in [-0.05, 0) is 82.8 Å². The lowest BCUT2D eigenvalue weighted by Gasteiger charge is -2.42. The summed E-state index contributed by atoms with van der Waals surface area (Å²) < 4.78 is 11.4. The first-order valence-electron chi connectivity index (χ1n) is 17.6. The quantitative estimate of drug-likeness (QED) is 0.156. The second-order valence-corrected chi connectivity index (χ2v) is 15.5. The summed E-state index contributed by atoms with van der Waals surface area (Å²) in [5.41, 5.74) is 6.49. The summed E-state index contributed by atoms with van der Waals surface area (Å²) in [5.74, 6) is -0.614. The first-order chi connectivity index (χ1) is 22.8. The Kier molecular flexibility index (Phi) is 15.5. The Hall–Kier alpha value is -3.70. The van der Waals surface area contributed by atoms with Crippen molar-refractivity contribution in [3.05, 3.63) is 119 Å². The molecule has 0 amide bonds. The maximum Gasteiger partial charge on any atom is 0.303 e. The van der Waals surface area contributed by atoms with E-state index in [1.165, 1.54) is 30.6 Å². The highest BCUT2D eigenvalue weighted by atomic mass is 16.5. The number of allylic oxidation sites excluding steroid dienone is 18. The van der Waals surface area contributed by atoms with Gasteiger partial charge >= 0.3 is 11.9 Å². The average Bonchev–Trinajstić information content (AvgIpc) is 3.18. The van der Waals surface area contributed by atoms with Crippen molar-refractivity contribution in [2.45, 2.75) is 127 Å². The highest BCUT2D eigenvalue weighted by molar-refractivity contribution is 5.67. The summed E-state index contributed by atoms with van der Waals surface area (Å²) in [6, 6.07) is 0. The molecule has 0 aromatic carbocycles. The van der Waals surface area contributed by atoms with Crippen LogP contribution < -0.4 is 0 Å². The lowest BCUT2D eigenvalue weighted by atomic mass is 9.65. The van der Waals surface area contributed by atoms with Crippen molar-refractivity contribution in [1.82, 2.24) is 0 Å². The van der Waals surface area contributed by atoms with Gasteiger partial charge < -0.3 is 14.6 Å². The van der Waals surface area contributed by atoms with Crippen LogP contribution in [0.3, 0.4) is 0 Å². The van der Waals surface area contributed by atoms with E-state index < -0.39 is 6.10 Å². The monoisotopic (exact) mass is 670 g/mol. The van der Waals surface area contributed by atoms with Crippen LogP contribution in [-0.4, -0.2) is 35.4 Å². The fourth-order valence-corrected chi connectivity index (χ4v) is 6.98. The molecule has 0 aliphatic heterocycles. The number of hydrogen-bond donors (Lipinski definition) is 1. The smallest absolute Gasteiger partial charge is 0.303 e. The molecule has 0 heterocycles. The predicted molar refractivity (Wildman–Crippen MR) is 205 cm³/mol. The molecule has 0 bridgehead atoms. The number of carbonyl (C=O) groups is 2. The minimum atomic E-state index is -0.444. The molecule has 5 nitrogen and oxygen atoms in total. The summed E-state index contributed by atoms with van der Waals surface area (Å²) in [4.78, 5) is 23.6. The van der Waals surface area contributed by atoms with Gasteiger partial charge in [-0.3, -0.25) is 9.59 Å². The van der Waals surface area contributed by atoms with Gasteiger partial charge in [-0.1, -0.05) is 141 Å². The van der Waals surface area contributed by atoms with Crippen molar-refractivity contribution in [1.29, 1.82) is 0 Å². The van der Waals surface area contributed by atoms with E-state index in [1.54, 1.807) is 0 Å². The van der Waals surface area contributed by atoms with Crippen LogP contribution in [0.1, 0.15) is 109 Å². The van der Waals surface area contributed by atoms with E-state index in [0.717, 1.165) is 36.0 Å². The number of esters is 2. The Labute approximate surface area is 297 Å². The van der Waals surface area contributed by atoms with E-state index in [0.29, 0.717) is 6.42 Å². The standard InChI is InChI=1S/C44H62O5/c1-31(19-15-21-33(3)23-25-40-35(5)27-38(47)28-42(40,8)9)17-13-14-18-32(2)20-16-22-34(4)24-26-41(49-37(7)46)44(12)30-39(48-36(6)45)29-43(44,10)11/h13-26,38-39,41,47H,27-30H2,1-12H3/b14-13+,19-15+,20-16+,25-23+,26-24+,31-17+,32-18+,33-21+,34-22+/t38-,39+,41-,44+/m1/s1. The summed E-state index contributed by atoms with van der Waals surface area (Å²) in [6.07, 6.45) is 31.0. The molecule has 0 aromatic heterocycles. The van der Waals surface area contributed by atoms with Gasteiger partial charge in [0.1, 0.15) is 12.2 Å². The van der Waals surface area contributed by atoms with Gasteiger partial charge in [0.05, 0.1) is 6.10 Å². The molecule has 49 heavy (non-hydrogen) atoms. The summed E-state index contributed by atoms with van der Waals surface area (Å²) in [6.45, 7) is 24.1. The zero-order valence-corrected chi connectivity index (χ0v) is 32.2. The van der Waals surface area contributed by atoms with Crippen LogP contribution in [0, 0.1) is 16.2 Å². The summed E-state index contributed by atoms with van der Waals surface area (Å²) in [5, 5.41) is 10.1. The SMILES string of the molecule is CC(=O)O[C@H]1CC(C)(C)[C@](C)([C@@H](/C=C/C(C)=C/C=C/C(C)=C/C=C/C=C(C)/C=C/C=C(C)/C=C/C2=C(C)C[C@@H](O)CC2(C)C)OC(C)=O)C1. The number of ether oxygens (including phenoxy) is 2. The van der Waals surface area contributed by atoms with Gasteiger partial charge in [-0.2, -0.15) is 0 Å². The Morgan fingerprint density at radius 1 is 0.714 bits per heavy atom. The molecular weight excluding hydrogens is 608 g/mol. The van der Waals surface area contributed by atoms with Crippen LogP contribution in [0.4, 0.5) is 0 Å². The third-order valence-electron chi connectivity index (χ3n) is 9.98. The maximum atomic E-state index is 12.0. The zero-order chi connectivity index (χ0) is 37.0. The van der Waals surface area contributed by atoms with Gasteiger partial charge in [-0.25, -0.2) is 0 Å². The van der Waals surface area contributed by atoms with Crippen molar-refractivity contribution in [3.63, 3.8) is 0 Å². The van der Waals surface area contributed by atoms with E-state index in [4.69, 9.17) is 9.47 Å². The second kappa shape index (κ2) is 18.3. The molecule has 0 saturated heterocycles. The van der Waals surface area contributed by atoms with Crippen LogP contribution in [0.5, 0.6) is 0 Å². The van der Waals surface area contributed by atoms with Crippen LogP contribution in [0.15, 0.2) is 119 Å². The molecule has 5 heteroatoms. The molecule has 268 valence electrons. The maximum absolute atomic E-state index is 12.0. The predicted octanol–water partition coefficient (Wildman–Crippen LogP) is 10.7. The van der Waals surface area contributed by atoms with E-state index in [-0.39, 0.29) is 40.4 Å². The van der Waals surface area contributed by atoms with Crippen molar-refractivity contribution in [3.8, 4) is 0 Å². The van der Waals surface area contributed by atoms with E-state index >= 15 is 0 Å². The van der Waals surface area contributed by atoms with Gasteiger partial charge in [0, 0.05) is 19.3 Å². The largest absolute Gasteiger partial charge is 0.463 e. The molecule has 2 aliphatic carbocycles. The third-order valence-corrected chi connectivity index (χ3v) is 9.98. The molecule has 0 radical (unpaired) electrons. The van der Waals surface area contributed by atoms with E-state index in [9.17, 15) is 14.7 Å². The van der Waals surface area contributed by atoms with Gasteiger partial charge in [0.2, 0.25) is 0 Å². The van der Waals surface area contributed by atoms with Gasteiger partial charge in [0.25, 0.3) is 0 Å². The topological polar surface area (TPSA) is 72.8 Å². The molecule has 0 aromatic rings. The average molecular weight is 671 g/mol. The minimum absolute atomic E-state index is 0.0149. The minimum Gasteiger partial charge on any atom is -0.463 e. The number of rotatable bonds is 13. The Balaban J connectivity index is 1.99. The lowest BCUT2D eigenvalue weighted by molar-refractivity contribution is -0.154. The Morgan fingerprint density at radius 2 is 1.22 bits per heavy atom. The second-order valence-electron chi connectivity index (χ2n) is 15.5. The van der Waals surface area contributed by atoms with Crippen LogP contribution in [0.25, 0.3) is 0 Å². The molecule has 1 fully saturated rings. The normalized spacial score (nSPS) is 26.2. The number of carbonyl (C=O) groups excluding carboxylic acids is 2. The molecule has 2 rings (SSSR count). The number of hydrogen-bond acceptors (Lipinski definition) is 5. The fraction of sp³-hybridized carbons (Fsp3) is 0.500. The first-order valence-corrected chi connectivity index (χ1v) is 17.6. The fourth-order valence-electron chi connectivity index (χ4n) is 6.98. The van der Waals surface area contributed by atoms with Crippen molar-refractivity contribution in [2.75, 3.05) is 0 Å². The summed E-state index contributed by atoms with van der Waals surface area (Å²) in [7, 11) is 0. The number of aliphatic hydroxyl groups is 1. The van der Waals surface area contributed by atoms with E-state index in [2.05, 4.69) is 111 Å². The highest BCUT2D eigenvalue weighted by Crippen LogP contribution is 2.56. The Morgan fingerprint density at radius 3 is 1.73 bits per heavy atom. The van der Waals surface area contributed by atoms with Gasteiger partial charge in [0.15, 0.2) is 0 Å². The molecule has 2 aliphatic rings. The summed E-state index contributed by atoms with van der Waals surface area (Å²) >= 11 is 0. The van der Waals surface area contributed by atoms with E-state index in [1.807, 2.05) is 43.4 Å². The first kappa shape index (κ1) is 41.5. The molecular formula is C44H62O5. The third kappa shape index (κ3) is 13.3. The van der Waals surface area contributed by atoms with Crippen molar-refractivity contribution in [2.24, 2.45) is 16.2 Å². The Bertz CT molecular complexity index is 1500. The van der Waals surface area contributed by atoms with Crippen molar-refractivity contribution < 1.29 is 24.2 Å².